The van der Waals surface area contributed by atoms with Crippen LogP contribution >= 0.6 is 0 Å². The van der Waals surface area contributed by atoms with Gasteiger partial charge < -0.3 is 10.2 Å². The predicted octanol–water partition coefficient (Wildman–Crippen LogP) is 2.94. The lowest BCUT2D eigenvalue weighted by atomic mass is 9.88. The molecule has 1 heterocycles. The molecule has 2 amide bonds. The van der Waals surface area contributed by atoms with Crippen molar-refractivity contribution in [1.82, 2.24) is 4.90 Å². The van der Waals surface area contributed by atoms with E-state index >= 15 is 0 Å². The van der Waals surface area contributed by atoms with Gasteiger partial charge in [-0.25, -0.2) is 4.39 Å². The Bertz CT molecular complexity index is 773. The van der Waals surface area contributed by atoms with Crippen LogP contribution in [-0.2, 0) is 9.59 Å². The van der Waals surface area contributed by atoms with Crippen molar-refractivity contribution in [2.24, 2.45) is 5.92 Å². The predicted molar refractivity (Wildman–Crippen MR) is 90.1 cm³/mol. The van der Waals surface area contributed by atoms with E-state index in [1.165, 1.54) is 12.1 Å². The monoisotopic (exact) mass is 326 g/mol. The fourth-order valence-electron chi connectivity index (χ4n) is 3.13. The Morgan fingerprint density at radius 2 is 1.83 bits per heavy atom. The van der Waals surface area contributed by atoms with Crippen molar-refractivity contribution >= 4 is 17.5 Å². The molecule has 1 aliphatic rings. The smallest absolute Gasteiger partial charge is 0.237 e. The van der Waals surface area contributed by atoms with E-state index in [0.29, 0.717) is 12.2 Å². The summed E-state index contributed by atoms with van der Waals surface area (Å²) in [5.41, 5.74) is 2.42. The zero-order valence-corrected chi connectivity index (χ0v) is 13.6. The highest BCUT2D eigenvalue weighted by atomic mass is 19.1. The number of halogens is 1. The van der Waals surface area contributed by atoms with Crippen molar-refractivity contribution < 1.29 is 14.0 Å². The molecule has 24 heavy (non-hydrogen) atoms. The van der Waals surface area contributed by atoms with Crippen molar-refractivity contribution in [1.29, 1.82) is 0 Å². The Kier molecular flexibility index (Phi) is 4.34. The van der Waals surface area contributed by atoms with Gasteiger partial charge in [-0.2, -0.15) is 0 Å². The first-order chi connectivity index (χ1) is 11.5. The number of likely N-dealkylation sites (N-methyl/N-ethyl adjacent to an activating group) is 1. The summed E-state index contributed by atoms with van der Waals surface area (Å²) in [5, 5.41) is 2.85. The minimum absolute atomic E-state index is 0.213. The quantitative estimate of drug-likeness (QED) is 0.882. The van der Waals surface area contributed by atoms with Crippen LogP contribution in [0.3, 0.4) is 0 Å². The van der Waals surface area contributed by atoms with E-state index in [1.54, 1.807) is 24.1 Å². The zero-order chi connectivity index (χ0) is 17.3. The van der Waals surface area contributed by atoms with E-state index in [-0.39, 0.29) is 23.5 Å². The minimum atomic E-state index is -0.805. The Balaban J connectivity index is 1.87. The Hall–Kier alpha value is -2.69. The Morgan fingerprint density at radius 1 is 1.17 bits per heavy atom. The summed E-state index contributed by atoms with van der Waals surface area (Å²) < 4.78 is 13.2. The first kappa shape index (κ1) is 16.2. The van der Waals surface area contributed by atoms with E-state index in [9.17, 15) is 14.0 Å². The summed E-state index contributed by atoms with van der Waals surface area (Å²) in [5.74, 6) is -1.96. The fourth-order valence-corrected chi connectivity index (χ4v) is 3.13. The van der Waals surface area contributed by atoms with Gasteiger partial charge >= 0.3 is 0 Å². The number of aryl methyl sites for hydroxylation is 1. The van der Waals surface area contributed by atoms with Crippen molar-refractivity contribution in [2.45, 2.75) is 12.8 Å². The van der Waals surface area contributed by atoms with Crippen LogP contribution in [0, 0.1) is 18.7 Å². The third-order valence-electron chi connectivity index (χ3n) is 4.50. The third-order valence-corrected chi connectivity index (χ3v) is 4.50. The van der Waals surface area contributed by atoms with Crippen LogP contribution in [0.25, 0.3) is 0 Å². The molecule has 0 aliphatic carbocycles. The van der Waals surface area contributed by atoms with Crippen LogP contribution in [0.15, 0.2) is 48.5 Å². The summed E-state index contributed by atoms with van der Waals surface area (Å²) in [6, 6.07) is 13.4. The summed E-state index contributed by atoms with van der Waals surface area (Å²) >= 11 is 0. The number of nitrogens with one attached hydrogen (secondary N) is 1. The van der Waals surface area contributed by atoms with Crippen molar-refractivity contribution in [3.05, 3.63) is 65.5 Å². The van der Waals surface area contributed by atoms with Gasteiger partial charge in [0.2, 0.25) is 11.8 Å². The summed E-state index contributed by atoms with van der Waals surface area (Å²) in [6.07, 6.45) is 0. The average Bonchev–Trinajstić information content (AvgIpc) is 2.86. The lowest BCUT2D eigenvalue weighted by Gasteiger charge is -2.17. The molecule has 0 aromatic heterocycles. The number of anilines is 1. The molecule has 1 aliphatic heterocycles. The van der Waals surface area contributed by atoms with E-state index < -0.39 is 5.92 Å². The maximum absolute atomic E-state index is 13.2. The molecule has 2 aromatic carbocycles. The topological polar surface area (TPSA) is 49.4 Å². The molecule has 2 atom stereocenters. The molecule has 2 aromatic rings. The number of hydrogen-bond donors (Lipinski definition) is 1. The van der Waals surface area contributed by atoms with Gasteiger partial charge in [-0.1, -0.05) is 30.3 Å². The number of carbonyl (C=O) groups is 2. The molecule has 0 bridgehead atoms. The van der Waals surface area contributed by atoms with Gasteiger partial charge in [-0.3, -0.25) is 9.59 Å². The summed E-state index contributed by atoms with van der Waals surface area (Å²) in [7, 11) is 1.68. The number of hydrogen-bond acceptors (Lipinski definition) is 2. The van der Waals surface area contributed by atoms with Crippen LogP contribution < -0.4 is 5.32 Å². The van der Waals surface area contributed by atoms with Crippen LogP contribution in [0.2, 0.25) is 0 Å². The van der Waals surface area contributed by atoms with Gasteiger partial charge in [-0.05, 0) is 36.2 Å². The van der Waals surface area contributed by atoms with Crippen LogP contribution in [-0.4, -0.2) is 30.3 Å². The molecule has 0 saturated carbocycles. The number of para-hydroxylation sites is 1. The molecule has 1 N–H and O–H groups in total. The highest BCUT2D eigenvalue weighted by Gasteiger charge is 2.44. The molecule has 1 fully saturated rings. The number of rotatable bonds is 3. The SMILES string of the molecule is Cc1ccccc1NC(=O)C1C(=O)N(C)CC1c1ccc(F)cc1. The zero-order valence-electron chi connectivity index (χ0n) is 13.6. The lowest BCUT2D eigenvalue weighted by Crippen LogP contribution is -2.32. The normalized spacial score (nSPS) is 20.3. The number of amides is 2. The minimum Gasteiger partial charge on any atom is -0.344 e. The standard InChI is InChI=1S/C19H19FN2O2/c1-12-5-3-4-6-16(12)21-18(23)17-15(11-22(2)19(17)24)13-7-9-14(20)10-8-13/h3-10,15,17H,11H2,1-2H3,(H,21,23). The molecular formula is C19H19FN2O2. The third kappa shape index (κ3) is 3.02. The highest BCUT2D eigenvalue weighted by molar-refractivity contribution is 6.08. The summed E-state index contributed by atoms with van der Waals surface area (Å²) in [4.78, 5) is 26.8. The van der Waals surface area contributed by atoms with Gasteiger partial charge in [0.1, 0.15) is 11.7 Å². The molecule has 3 rings (SSSR count). The van der Waals surface area contributed by atoms with Gasteiger partial charge in [0.15, 0.2) is 0 Å². The lowest BCUT2D eigenvalue weighted by molar-refractivity contribution is -0.135. The van der Waals surface area contributed by atoms with Crippen LogP contribution in [0.5, 0.6) is 0 Å². The number of nitrogens with zero attached hydrogens (tertiary/aromatic N) is 1. The van der Waals surface area contributed by atoms with Gasteiger partial charge in [-0.15, -0.1) is 0 Å². The maximum Gasteiger partial charge on any atom is 0.237 e. The Labute approximate surface area is 140 Å². The van der Waals surface area contributed by atoms with E-state index in [0.717, 1.165) is 11.1 Å². The van der Waals surface area contributed by atoms with Crippen LogP contribution in [0.4, 0.5) is 10.1 Å². The molecule has 5 heteroatoms. The molecular weight excluding hydrogens is 307 g/mol. The van der Waals surface area contributed by atoms with Gasteiger partial charge in [0.05, 0.1) is 0 Å². The van der Waals surface area contributed by atoms with Crippen molar-refractivity contribution in [3.63, 3.8) is 0 Å². The van der Waals surface area contributed by atoms with E-state index in [4.69, 9.17) is 0 Å². The first-order valence-electron chi connectivity index (χ1n) is 7.84. The van der Waals surface area contributed by atoms with E-state index in [1.807, 2.05) is 31.2 Å². The number of carbonyl (C=O) groups excluding carboxylic acids is 2. The molecule has 1 saturated heterocycles. The molecule has 124 valence electrons. The Morgan fingerprint density at radius 3 is 2.50 bits per heavy atom. The molecule has 0 radical (unpaired) electrons. The molecule has 4 nitrogen and oxygen atoms in total. The van der Waals surface area contributed by atoms with Gasteiger partial charge in [0.25, 0.3) is 0 Å². The average molecular weight is 326 g/mol. The second kappa shape index (κ2) is 6.43. The largest absolute Gasteiger partial charge is 0.344 e. The maximum atomic E-state index is 13.2. The number of benzene rings is 2. The first-order valence-corrected chi connectivity index (χ1v) is 7.84. The second-order valence-electron chi connectivity index (χ2n) is 6.16. The number of likely N-dealkylation sites (tertiary alicyclic amines) is 1. The highest BCUT2D eigenvalue weighted by Crippen LogP contribution is 2.34. The van der Waals surface area contributed by atoms with Crippen molar-refractivity contribution in [3.8, 4) is 0 Å². The van der Waals surface area contributed by atoms with Crippen LogP contribution in [0.1, 0.15) is 17.0 Å². The van der Waals surface area contributed by atoms with E-state index in [2.05, 4.69) is 5.32 Å². The fraction of sp³-hybridized carbons (Fsp3) is 0.263. The molecule has 2 unspecified atom stereocenters. The second-order valence-corrected chi connectivity index (χ2v) is 6.16. The van der Waals surface area contributed by atoms with Crippen molar-refractivity contribution in [2.75, 3.05) is 18.9 Å². The van der Waals surface area contributed by atoms with Gasteiger partial charge in [0, 0.05) is 25.2 Å². The summed E-state index contributed by atoms with van der Waals surface area (Å²) in [6.45, 7) is 2.34. The molecule has 0 spiro atoms.